The first-order valence-electron chi connectivity index (χ1n) is 3.54. The van der Waals surface area contributed by atoms with Crippen LogP contribution in [0.5, 0.6) is 0 Å². The van der Waals surface area contributed by atoms with Crippen LogP contribution in [0.2, 0.25) is 0 Å². The van der Waals surface area contributed by atoms with Crippen molar-refractivity contribution in [2.24, 2.45) is 10.9 Å². The number of fused-ring (bicyclic) bond motifs is 1. The summed E-state index contributed by atoms with van der Waals surface area (Å²) in [5.41, 5.74) is 1.16. The molecule has 0 saturated heterocycles. The third-order valence-electron chi connectivity index (χ3n) is 2.02. The number of hydrogen-bond donors (Lipinski definition) is 1. The lowest BCUT2D eigenvalue weighted by Crippen LogP contribution is -2.28. The monoisotopic (exact) mass is 138 g/mol. The number of rotatable bonds is 0. The van der Waals surface area contributed by atoms with Gasteiger partial charge in [0.25, 0.3) is 0 Å². The topological polar surface area (TPSA) is 35.8 Å². The van der Waals surface area contributed by atoms with E-state index in [9.17, 15) is 0 Å². The van der Waals surface area contributed by atoms with Crippen molar-refractivity contribution in [3.8, 4) is 0 Å². The molecule has 1 atom stereocenters. The maximum Gasteiger partial charge on any atom is 0.0530 e. The molecule has 0 saturated carbocycles. The highest BCUT2D eigenvalue weighted by Crippen LogP contribution is 2.19. The largest absolute Gasteiger partial charge is 0.289 e. The Bertz CT molecular complexity index is 198. The average Bonchev–Trinajstić information content (AvgIpc) is 2.33. The zero-order chi connectivity index (χ0) is 6.97. The molecule has 0 aromatic rings. The summed E-state index contributed by atoms with van der Waals surface area (Å²) in [6.45, 7) is 1.65. The summed E-state index contributed by atoms with van der Waals surface area (Å²) in [4.78, 5) is 4.28. The van der Waals surface area contributed by atoms with E-state index in [1.807, 2.05) is 6.08 Å². The number of nitrogens with zero attached hydrogens (tertiary/aromatic N) is 2. The van der Waals surface area contributed by atoms with Gasteiger partial charge in [-0.3, -0.25) is 15.3 Å². The van der Waals surface area contributed by atoms with E-state index in [4.69, 9.17) is 5.21 Å². The van der Waals surface area contributed by atoms with Gasteiger partial charge < -0.3 is 0 Å². The van der Waals surface area contributed by atoms with Crippen molar-refractivity contribution in [1.82, 2.24) is 5.06 Å². The third-order valence-corrected chi connectivity index (χ3v) is 2.02. The molecule has 2 aliphatic heterocycles. The molecule has 2 rings (SSSR count). The van der Waals surface area contributed by atoms with E-state index in [1.165, 1.54) is 5.06 Å². The highest BCUT2D eigenvalue weighted by molar-refractivity contribution is 5.98. The fourth-order valence-corrected chi connectivity index (χ4v) is 1.45. The normalized spacial score (nSPS) is 30.3. The Balaban J connectivity index is 2.21. The van der Waals surface area contributed by atoms with Gasteiger partial charge in [0.05, 0.1) is 6.54 Å². The molecule has 0 radical (unpaired) electrons. The number of aliphatic imine (C=N–C) groups is 1. The van der Waals surface area contributed by atoms with Gasteiger partial charge in [0.2, 0.25) is 0 Å². The molecule has 3 heteroatoms. The van der Waals surface area contributed by atoms with Gasteiger partial charge >= 0.3 is 0 Å². The summed E-state index contributed by atoms with van der Waals surface area (Å²) in [6, 6.07) is 0. The Labute approximate surface area is 59.6 Å². The molecule has 0 fully saturated rings. The molecule has 54 valence electrons. The van der Waals surface area contributed by atoms with Gasteiger partial charge in [0.1, 0.15) is 0 Å². The molecule has 0 amide bonds. The van der Waals surface area contributed by atoms with Crippen molar-refractivity contribution < 1.29 is 5.21 Å². The Morgan fingerprint density at radius 2 is 2.60 bits per heavy atom. The van der Waals surface area contributed by atoms with Gasteiger partial charge in [-0.05, 0) is 12.5 Å². The standard InChI is InChI=1S/C7H10N2O/c10-9-4-2-7-6(5-9)1-3-8-7/h2,4,6,10H,1,3,5H2. The van der Waals surface area contributed by atoms with Crippen LogP contribution in [-0.4, -0.2) is 29.1 Å². The molecule has 0 aromatic carbocycles. The molecule has 0 aromatic heterocycles. The van der Waals surface area contributed by atoms with E-state index in [-0.39, 0.29) is 0 Å². The lowest BCUT2D eigenvalue weighted by molar-refractivity contribution is -0.0486. The molecule has 1 N–H and O–H groups in total. The molecule has 0 aliphatic carbocycles. The molecular weight excluding hydrogens is 128 g/mol. The van der Waals surface area contributed by atoms with Crippen molar-refractivity contribution in [3.63, 3.8) is 0 Å². The minimum absolute atomic E-state index is 0.481. The van der Waals surface area contributed by atoms with E-state index in [2.05, 4.69) is 4.99 Å². The van der Waals surface area contributed by atoms with E-state index in [0.717, 1.165) is 25.2 Å². The zero-order valence-corrected chi connectivity index (χ0v) is 5.70. The number of hydroxylamine groups is 2. The Kier molecular flexibility index (Phi) is 1.24. The van der Waals surface area contributed by atoms with Crippen LogP contribution in [0.25, 0.3) is 0 Å². The van der Waals surface area contributed by atoms with E-state index in [0.29, 0.717) is 5.92 Å². The summed E-state index contributed by atoms with van der Waals surface area (Å²) < 4.78 is 0. The van der Waals surface area contributed by atoms with Crippen LogP contribution in [0.3, 0.4) is 0 Å². The number of allylic oxidation sites excluding steroid dienone is 1. The summed E-state index contributed by atoms with van der Waals surface area (Å²) in [5, 5.41) is 10.3. The maximum absolute atomic E-state index is 9.05. The van der Waals surface area contributed by atoms with Crippen molar-refractivity contribution in [3.05, 3.63) is 12.3 Å². The van der Waals surface area contributed by atoms with Crippen LogP contribution >= 0.6 is 0 Å². The zero-order valence-electron chi connectivity index (χ0n) is 5.70. The predicted octanol–water partition coefficient (Wildman–Crippen LogP) is 0.666. The fourth-order valence-electron chi connectivity index (χ4n) is 1.45. The lowest BCUT2D eigenvalue weighted by atomic mass is 10.0. The highest BCUT2D eigenvalue weighted by Gasteiger charge is 2.23. The Hall–Kier alpha value is -0.830. The summed E-state index contributed by atoms with van der Waals surface area (Å²) in [7, 11) is 0. The fraction of sp³-hybridized carbons (Fsp3) is 0.571. The third kappa shape index (κ3) is 0.827. The van der Waals surface area contributed by atoms with Gasteiger partial charge in [0.15, 0.2) is 0 Å². The Morgan fingerprint density at radius 1 is 1.70 bits per heavy atom. The van der Waals surface area contributed by atoms with Gasteiger partial charge in [-0.1, -0.05) is 0 Å². The van der Waals surface area contributed by atoms with Crippen molar-refractivity contribution in [1.29, 1.82) is 0 Å². The molecule has 3 nitrogen and oxygen atoms in total. The van der Waals surface area contributed by atoms with Gasteiger partial charge in [-0.2, -0.15) is 0 Å². The lowest BCUT2D eigenvalue weighted by Gasteiger charge is -2.21. The van der Waals surface area contributed by atoms with Gasteiger partial charge in [0, 0.05) is 24.4 Å². The second-order valence-corrected chi connectivity index (χ2v) is 2.73. The molecule has 2 heterocycles. The van der Waals surface area contributed by atoms with E-state index >= 15 is 0 Å². The van der Waals surface area contributed by atoms with Gasteiger partial charge in [-0.15, -0.1) is 0 Å². The first kappa shape index (κ1) is 5.92. The van der Waals surface area contributed by atoms with E-state index in [1.54, 1.807) is 6.20 Å². The second-order valence-electron chi connectivity index (χ2n) is 2.73. The van der Waals surface area contributed by atoms with Gasteiger partial charge in [-0.25, -0.2) is 0 Å². The van der Waals surface area contributed by atoms with E-state index < -0.39 is 0 Å². The van der Waals surface area contributed by atoms with Crippen LogP contribution < -0.4 is 0 Å². The minimum Gasteiger partial charge on any atom is -0.289 e. The van der Waals surface area contributed by atoms with Crippen LogP contribution in [-0.2, 0) is 0 Å². The second kappa shape index (κ2) is 2.09. The smallest absolute Gasteiger partial charge is 0.0530 e. The Morgan fingerprint density at radius 3 is 3.50 bits per heavy atom. The van der Waals surface area contributed by atoms with Crippen molar-refractivity contribution in [2.45, 2.75) is 6.42 Å². The SMILES string of the molecule is ON1C=CC2=NCCC2C1. The maximum atomic E-state index is 9.05. The first-order chi connectivity index (χ1) is 4.86. The summed E-state index contributed by atoms with van der Waals surface area (Å²) in [5.74, 6) is 0.481. The summed E-state index contributed by atoms with van der Waals surface area (Å²) in [6.07, 6.45) is 4.65. The van der Waals surface area contributed by atoms with Crippen molar-refractivity contribution in [2.75, 3.05) is 13.1 Å². The summed E-state index contributed by atoms with van der Waals surface area (Å²) >= 11 is 0. The number of hydrogen-bond acceptors (Lipinski definition) is 3. The highest BCUT2D eigenvalue weighted by atomic mass is 16.5. The van der Waals surface area contributed by atoms with Crippen LogP contribution in [0.4, 0.5) is 0 Å². The van der Waals surface area contributed by atoms with Crippen LogP contribution in [0.1, 0.15) is 6.42 Å². The first-order valence-corrected chi connectivity index (χ1v) is 3.54. The molecule has 2 aliphatic rings. The molecular formula is C7H10N2O. The average molecular weight is 138 g/mol. The predicted molar refractivity (Wildman–Crippen MR) is 38.0 cm³/mol. The molecule has 10 heavy (non-hydrogen) atoms. The molecule has 0 spiro atoms. The van der Waals surface area contributed by atoms with Crippen molar-refractivity contribution >= 4 is 5.71 Å². The quantitative estimate of drug-likeness (QED) is 0.534. The molecule has 1 unspecified atom stereocenters. The van der Waals surface area contributed by atoms with Crippen LogP contribution in [0, 0.1) is 5.92 Å². The van der Waals surface area contributed by atoms with Crippen LogP contribution in [0.15, 0.2) is 17.3 Å². The molecule has 0 bridgehead atoms. The minimum atomic E-state index is 0.481.